The minimum absolute atomic E-state index is 0.0625. The lowest BCUT2D eigenvalue weighted by molar-refractivity contribution is -0.115. The standard InChI is InChI=1S/C13H16N4O3S/c1-3-11-15-8(12(21-11)13(19)20)7-10(18)16-9-5-6-14-17(9)4-2/h5-6H,3-4,7H2,1-2H3,(H,16,18)(H,19,20). The summed E-state index contributed by atoms with van der Waals surface area (Å²) in [6, 6.07) is 1.69. The van der Waals surface area contributed by atoms with Crippen molar-refractivity contribution in [1.82, 2.24) is 14.8 Å². The zero-order valence-electron chi connectivity index (χ0n) is 11.8. The lowest BCUT2D eigenvalue weighted by atomic mass is 10.2. The van der Waals surface area contributed by atoms with Crippen LogP contribution in [0.25, 0.3) is 0 Å². The van der Waals surface area contributed by atoms with E-state index in [0.29, 0.717) is 29.5 Å². The van der Waals surface area contributed by atoms with Crippen LogP contribution in [0.1, 0.15) is 34.2 Å². The molecule has 0 aliphatic carbocycles. The first-order chi connectivity index (χ1) is 10.0. The molecule has 0 radical (unpaired) electrons. The maximum atomic E-state index is 12.0. The molecule has 21 heavy (non-hydrogen) atoms. The van der Waals surface area contributed by atoms with Gasteiger partial charge in [-0.25, -0.2) is 14.5 Å². The Bertz CT molecular complexity index is 662. The fourth-order valence-electron chi connectivity index (χ4n) is 1.87. The van der Waals surface area contributed by atoms with Crippen LogP contribution in [-0.2, 0) is 24.2 Å². The first-order valence-corrected chi connectivity index (χ1v) is 7.40. The third kappa shape index (κ3) is 3.46. The third-order valence-corrected chi connectivity index (χ3v) is 4.08. The molecule has 0 spiro atoms. The maximum Gasteiger partial charge on any atom is 0.347 e. The second kappa shape index (κ2) is 6.49. The second-order valence-corrected chi connectivity index (χ2v) is 5.38. The van der Waals surface area contributed by atoms with Crippen LogP contribution in [0.4, 0.5) is 5.82 Å². The molecule has 0 saturated heterocycles. The molecule has 0 bridgehead atoms. The number of nitrogens with one attached hydrogen (secondary N) is 1. The van der Waals surface area contributed by atoms with Gasteiger partial charge < -0.3 is 10.4 Å². The van der Waals surface area contributed by atoms with Gasteiger partial charge in [0.05, 0.1) is 23.3 Å². The van der Waals surface area contributed by atoms with Gasteiger partial charge in [-0.1, -0.05) is 6.92 Å². The van der Waals surface area contributed by atoms with Crippen molar-refractivity contribution in [3.63, 3.8) is 0 Å². The molecule has 0 saturated carbocycles. The fourth-order valence-corrected chi connectivity index (χ4v) is 2.73. The predicted molar refractivity (Wildman–Crippen MR) is 78.7 cm³/mol. The number of carbonyl (C=O) groups excluding carboxylic acids is 1. The Hall–Kier alpha value is -2.22. The molecule has 112 valence electrons. The van der Waals surface area contributed by atoms with Crippen molar-refractivity contribution >= 4 is 29.0 Å². The molecule has 0 aromatic carbocycles. The Balaban J connectivity index is 2.12. The van der Waals surface area contributed by atoms with Crippen LogP contribution in [0.3, 0.4) is 0 Å². The Labute approximate surface area is 125 Å². The van der Waals surface area contributed by atoms with E-state index in [-0.39, 0.29) is 17.2 Å². The number of anilines is 1. The van der Waals surface area contributed by atoms with E-state index in [0.717, 1.165) is 11.3 Å². The summed E-state index contributed by atoms with van der Waals surface area (Å²) in [7, 11) is 0. The molecule has 1 amide bonds. The lowest BCUT2D eigenvalue weighted by Crippen LogP contribution is -2.18. The number of carboxylic acid groups (broad SMARTS) is 1. The van der Waals surface area contributed by atoms with Gasteiger partial charge in [0, 0.05) is 12.6 Å². The summed E-state index contributed by atoms with van der Waals surface area (Å²) in [6.45, 7) is 4.45. The van der Waals surface area contributed by atoms with Gasteiger partial charge in [0.15, 0.2) is 0 Å². The zero-order valence-corrected chi connectivity index (χ0v) is 12.6. The molecule has 0 unspecified atom stereocenters. The van der Waals surface area contributed by atoms with E-state index in [1.807, 2.05) is 13.8 Å². The molecule has 0 fully saturated rings. The molecule has 2 aromatic heterocycles. The number of aromatic carboxylic acids is 1. The molecule has 2 rings (SSSR count). The van der Waals surface area contributed by atoms with Gasteiger partial charge in [-0.05, 0) is 13.3 Å². The first kappa shape index (κ1) is 15.2. The highest BCUT2D eigenvalue weighted by Crippen LogP contribution is 2.20. The number of hydrogen-bond donors (Lipinski definition) is 2. The molecular formula is C13H16N4O3S. The molecule has 0 aliphatic heterocycles. The minimum Gasteiger partial charge on any atom is -0.477 e. The van der Waals surface area contributed by atoms with E-state index in [9.17, 15) is 9.59 Å². The number of aromatic nitrogens is 3. The summed E-state index contributed by atoms with van der Waals surface area (Å²) in [5.74, 6) is -0.764. The van der Waals surface area contributed by atoms with Crippen molar-refractivity contribution < 1.29 is 14.7 Å². The highest BCUT2D eigenvalue weighted by atomic mass is 32.1. The number of rotatable bonds is 6. The fraction of sp³-hybridized carbons (Fsp3) is 0.385. The van der Waals surface area contributed by atoms with Crippen molar-refractivity contribution in [2.24, 2.45) is 0 Å². The van der Waals surface area contributed by atoms with Gasteiger partial charge in [-0.15, -0.1) is 11.3 Å². The van der Waals surface area contributed by atoms with Gasteiger partial charge in [-0.2, -0.15) is 5.10 Å². The van der Waals surface area contributed by atoms with Gasteiger partial charge in [0.25, 0.3) is 0 Å². The van der Waals surface area contributed by atoms with E-state index in [1.54, 1.807) is 16.9 Å². The number of thiazole rings is 1. The molecule has 2 N–H and O–H groups in total. The van der Waals surface area contributed by atoms with Crippen molar-refractivity contribution in [1.29, 1.82) is 0 Å². The van der Waals surface area contributed by atoms with Crippen molar-refractivity contribution in [3.8, 4) is 0 Å². The van der Waals surface area contributed by atoms with Crippen LogP contribution < -0.4 is 5.32 Å². The smallest absolute Gasteiger partial charge is 0.347 e. The molecule has 2 heterocycles. The second-order valence-electron chi connectivity index (χ2n) is 4.30. The molecule has 7 nitrogen and oxygen atoms in total. The summed E-state index contributed by atoms with van der Waals surface area (Å²) in [5.41, 5.74) is 0.310. The minimum atomic E-state index is -1.05. The summed E-state index contributed by atoms with van der Waals surface area (Å²) >= 11 is 1.12. The normalized spacial score (nSPS) is 10.6. The summed E-state index contributed by atoms with van der Waals surface area (Å²) < 4.78 is 1.65. The Morgan fingerprint density at radius 1 is 1.43 bits per heavy atom. The number of amides is 1. The molecule has 0 aliphatic rings. The largest absolute Gasteiger partial charge is 0.477 e. The number of nitrogens with zero attached hydrogens (tertiary/aromatic N) is 3. The molecule has 0 atom stereocenters. The van der Waals surface area contributed by atoms with Crippen LogP contribution in [0, 0.1) is 0 Å². The number of carboxylic acids is 1. The Morgan fingerprint density at radius 3 is 2.81 bits per heavy atom. The van der Waals surface area contributed by atoms with E-state index in [1.165, 1.54) is 0 Å². The third-order valence-electron chi connectivity index (χ3n) is 2.85. The lowest BCUT2D eigenvalue weighted by Gasteiger charge is -2.06. The average molecular weight is 308 g/mol. The van der Waals surface area contributed by atoms with Gasteiger partial charge in [0.2, 0.25) is 5.91 Å². The van der Waals surface area contributed by atoms with Crippen molar-refractivity contribution in [2.45, 2.75) is 33.2 Å². The Morgan fingerprint density at radius 2 is 2.19 bits per heavy atom. The predicted octanol–water partition coefficient (Wildman–Crippen LogP) is 1.80. The molecule has 8 heteroatoms. The van der Waals surface area contributed by atoms with Gasteiger partial charge >= 0.3 is 5.97 Å². The molecule has 2 aromatic rings. The summed E-state index contributed by atoms with van der Waals surface area (Å²) in [6.07, 6.45) is 2.18. The van der Waals surface area contributed by atoms with E-state index >= 15 is 0 Å². The van der Waals surface area contributed by atoms with E-state index < -0.39 is 5.97 Å². The van der Waals surface area contributed by atoms with E-state index in [4.69, 9.17) is 5.11 Å². The van der Waals surface area contributed by atoms with E-state index in [2.05, 4.69) is 15.4 Å². The van der Waals surface area contributed by atoms with Crippen LogP contribution >= 0.6 is 11.3 Å². The highest BCUT2D eigenvalue weighted by molar-refractivity contribution is 7.13. The topological polar surface area (TPSA) is 97.1 Å². The van der Waals surface area contributed by atoms with Crippen LogP contribution in [0.15, 0.2) is 12.3 Å². The quantitative estimate of drug-likeness (QED) is 0.848. The van der Waals surface area contributed by atoms with Gasteiger partial charge in [0.1, 0.15) is 10.7 Å². The van der Waals surface area contributed by atoms with Crippen LogP contribution in [0.2, 0.25) is 0 Å². The van der Waals surface area contributed by atoms with Crippen LogP contribution in [0.5, 0.6) is 0 Å². The highest BCUT2D eigenvalue weighted by Gasteiger charge is 2.19. The zero-order chi connectivity index (χ0) is 15.4. The number of carbonyl (C=O) groups is 2. The first-order valence-electron chi connectivity index (χ1n) is 6.58. The average Bonchev–Trinajstić information content (AvgIpc) is 3.04. The SMILES string of the molecule is CCc1nc(CC(=O)Nc2ccnn2CC)c(C(=O)O)s1. The molecular weight excluding hydrogens is 292 g/mol. The summed E-state index contributed by atoms with van der Waals surface area (Å²) in [5, 5.41) is 16.6. The Kier molecular flexibility index (Phi) is 4.69. The monoisotopic (exact) mass is 308 g/mol. The van der Waals surface area contributed by atoms with Gasteiger partial charge in [-0.3, -0.25) is 4.79 Å². The van der Waals surface area contributed by atoms with Crippen molar-refractivity contribution in [2.75, 3.05) is 5.32 Å². The summed E-state index contributed by atoms with van der Waals surface area (Å²) in [4.78, 5) is 27.6. The number of aryl methyl sites for hydroxylation is 2. The van der Waals surface area contributed by atoms with Crippen LogP contribution in [-0.4, -0.2) is 31.7 Å². The maximum absolute atomic E-state index is 12.0. The number of hydrogen-bond acceptors (Lipinski definition) is 5. The van der Waals surface area contributed by atoms with Crippen molar-refractivity contribution in [3.05, 3.63) is 27.8 Å².